The summed E-state index contributed by atoms with van der Waals surface area (Å²) in [5, 5.41) is 0. The summed E-state index contributed by atoms with van der Waals surface area (Å²) in [7, 11) is 0. The fourth-order valence-electron chi connectivity index (χ4n) is 1.94. The highest BCUT2D eigenvalue weighted by atomic mass is 16.5. The van der Waals surface area contributed by atoms with Crippen LogP contribution in [0.5, 0.6) is 0 Å². The van der Waals surface area contributed by atoms with Gasteiger partial charge in [-0.2, -0.15) is 0 Å². The standard InChI is InChI=1S/C12H19NO2/c1-4-9-7-8-13-11(10(9)5-2)12(14)15-6-3/h8-9H,4-7H2,1-3H3. The van der Waals surface area contributed by atoms with Crippen molar-refractivity contribution in [1.29, 1.82) is 0 Å². The lowest BCUT2D eigenvalue weighted by Crippen LogP contribution is -2.17. The summed E-state index contributed by atoms with van der Waals surface area (Å²) >= 11 is 0. The zero-order valence-electron chi connectivity index (χ0n) is 9.75. The van der Waals surface area contributed by atoms with E-state index in [2.05, 4.69) is 18.8 Å². The Labute approximate surface area is 91.2 Å². The number of carbonyl (C=O) groups is 1. The van der Waals surface area contributed by atoms with Gasteiger partial charge in [-0.15, -0.1) is 0 Å². The third-order valence-corrected chi connectivity index (χ3v) is 2.75. The lowest BCUT2D eigenvalue weighted by atomic mass is 9.88. The minimum atomic E-state index is -0.274. The van der Waals surface area contributed by atoms with Crippen molar-refractivity contribution in [1.82, 2.24) is 0 Å². The highest BCUT2D eigenvalue weighted by Gasteiger charge is 2.23. The first kappa shape index (κ1) is 12.0. The van der Waals surface area contributed by atoms with E-state index in [1.165, 1.54) is 0 Å². The number of allylic oxidation sites excluding steroid dienone is 1. The molecule has 3 heteroatoms. The van der Waals surface area contributed by atoms with Gasteiger partial charge in [-0.05, 0) is 37.7 Å². The Bertz CT molecular complexity index is 292. The van der Waals surface area contributed by atoms with Crippen molar-refractivity contribution < 1.29 is 9.53 Å². The van der Waals surface area contributed by atoms with E-state index in [9.17, 15) is 4.79 Å². The highest BCUT2D eigenvalue weighted by Crippen LogP contribution is 2.28. The van der Waals surface area contributed by atoms with Crippen molar-refractivity contribution in [3.05, 3.63) is 11.3 Å². The van der Waals surface area contributed by atoms with Gasteiger partial charge in [-0.3, -0.25) is 4.99 Å². The van der Waals surface area contributed by atoms with Gasteiger partial charge in [0.25, 0.3) is 0 Å². The molecule has 0 radical (unpaired) electrons. The molecule has 1 heterocycles. The SMILES string of the molecule is CCOC(=O)C1=C(CC)C(CC)CC=N1. The average Bonchev–Trinajstić information content (AvgIpc) is 2.28. The van der Waals surface area contributed by atoms with Crippen molar-refractivity contribution in [2.75, 3.05) is 6.61 Å². The first-order chi connectivity index (χ1) is 7.24. The summed E-state index contributed by atoms with van der Waals surface area (Å²) in [6.07, 6.45) is 4.71. The van der Waals surface area contributed by atoms with Gasteiger partial charge >= 0.3 is 5.97 Å². The molecular weight excluding hydrogens is 190 g/mol. The lowest BCUT2D eigenvalue weighted by Gasteiger charge is -2.21. The van der Waals surface area contributed by atoms with Crippen molar-refractivity contribution in [3.63, 3.8) is 0 Å². The smallest absolute Gasteiger partial charge is 0.356 e. The van der Waals surface area contributed by atoms with Crippen LogP contribution in [0.2, 0.25) is 0 Å². The van der Waals surface area contributed by atoms with E-state index in [4.69, 9.17) is 4.74 Å². The summed E-state index contributed by atoms with van der Waals surface area (Å²) in [6.45, 7) is 6.43. The molecule has 84 valence electrons. The molecule has 1 unspecified atom stereocenters. The van der Waals surface area contributed by atoms with Crippen LogP contribution < -0.4 is 0 Å². The number of hydrogen-bond acceptors (Lipinski definition) is 3. The van der Waals surface area contributed by atoms with Gasteiger partial charge in [0.15, 0.2) is 0 Å². The van der Waals surface area contributed by atoms with Crippen molar-refractivity contribution in [3.8, 4) is 0 Å². The normalized spacial score (nSPS) is 20.6. The third-order valence-electron chi connectivity index (χ3n) is 2.75. The maximum Gasteiger partial charge on any atom is 0.356 e. The number of esters is 1. The predicted octanol–water partition coefficient (Wildman–Crippen LogP) is 2.71. The van der Waals surface area contributed by atoms with Crippen LogP contribution in [0.25, 0.3) is 0 Å². The van der Waals surface area contributed by atoms with Gasteiger partial charge in [0.2, 0.25) is 0 Å². The molecule has 0 aromatic heterocycles. The molecular formula is C12H19NO2. The molecule has 0 aliphatic carbocycles. The Hall–Kier alpha value is -1.12. The molecule has 3 nitrogen and oxygen atoms in total. The predicted molar refractivity (Wildman–Crippen MR) is 60.8 cm³/mol. The second kappa shape index (κ2) is 5.69. The largest absolute Gasteiger partial charge is 0.461 e. The number of nitrogens with zero attached hydrogens (tertiary/aromatic N) is 1. The monoisotopic (exact) mass is 209 g/mol. The molecule has 0 bridgehead atoms. The number of ether oxygens (including phenoxy) is 1. The van der Waals surface area contributed by atoms with E-state index >= 15 is 0 Å². The fraction of sp³-hybridized carbons (Fsp3) is 0.667. The summed E-state index contributed by atoms with van der Waals surface area (Å²) < 4.78 is 5.00. The van der Waals surface area contributed by atoms with E-state index < -0.39 is 0 Å². The van der Waals surface area contributed by atoms with Crippen LogP contribution in [0.1, 0.15) is 40.0 Å². The topological polar surface area (TPSA) is 38.7 Å². The molecule has 0 amide bonds. The van der Waals surface area contributed by atoms with Crippen LogP contribution in [0.4, 0.5) is 0 Å². The molecule has 1 atom stereocenters. The molecule has 0 saturated heterocycles. The molecule has 1 aliphatic heterocycles. The molecule has 0 fully saturated rings. The molecule has 1 rings (SSSR count). The van der Waals surface area contributed by atoms with Crippen molar-refractivity contribution >= 4 is 12.2 Å². The number of aliphatic imine (C=N–C) groups is 1. The Kier molecular flexibility index (Phi) is 4.53. The Morgan fingerprint density at radius 1 is 1.53 bits per heavy atom. The number of carbonyl (C=O) groups excluding carboxylic acids is 1. The molecule has 15 heavy (non-hydrogen) atoms. The second-order valence-electron chi connectivity index (χ2n) is 3.60. The minimum Gasteiger partial charge on any atom is -0.461 e. The van der Waals surface area contributed by atoms with Crippen molar-refractivity contribution in [2.24, 2.45) is 10.9 Å². The Balaban J connectivity index is 2.93. The maximum absolute atomic E-state index is 11.6. The fourth-order valence-corrected chi connectivity index (χ4v) is 1.94. The third kappa shape index (κ3) is 2.67. The van der Waals surface area contributed by atoms with Crippen molar-refractivity contribution in [2.45, 2.75) is 40.0 Å². The van der Waals surface area contributed by atoms with Gasteiger partial charge in [-0.25, -0.2) is 4.79 Å². The van der Waals surface area contributed by atoms with E-state index in [1.54, 1.807) is 0 Å². The van der Waals surface area contributed by atoms with Crippen LogP contribution in [0.15, 0.2) is 16.3 Å². The van der Waals surface area contributed by atoms with E-state index in [0.29, 0.717) is 18.2 Å². The van der Waals surface area contributed by atoms with Gasteiger partial charge in [0.1, 0.15) is 5.70 Å². The zero-order valence-corrected chi connectivity index (χ0v) is 9.75. The van der Waals surface area contributed by atoms with Crippen LogP contribution in [0, 0.1) is 5.92 Å². The van der Waals surface area contributed by atoms with E-state index in [-0.39, 0.29) is 5.97 Å². The lowest BCUT2D eigenvalue weighted by molar-refractivity contribution is -0.138. The zero-order chi connectivity index (χ0) is 11.3. The number of rotatable bonds is 4. The molecule has 0 saturated carbocycles. The quantitative estimate of drug-likeness (QED) is 0.668. The van der Waals surface area contributed by atoms with Gasteiger partial charge in [0, 0.05) is 6.21 Å². The summed E-state index contributed by atoms with van der Waals surface area (Å²) in [5.74, 6) is 0.190. The summed E-state index contributed by atoms with van der Waals surface area (Å²) in [6, 6.07) is 0. The van der Waals surface area contributed by atoms with Gasteiger partial charge < -0.3 is 4.74 Å². The first-order valence-electron chi connectivity index (χ1n) is 5.67. The number of hydrogen-bond donors (Lipinski definition) is 0. The molecule has 0 aromatic rings. The highest BCUT2D eigenvalue weighted by molar-refractivity contribution is 5.91. The first-order valence-corrected chi connectivity index (χ1v) is 5.67. The van der Waals surface area contributed by atoms with Crippen LogP contribution >= 0.6 is 0 Å². The average molecular weight is 209 g/mol. The van der Waals surface area contributed by atoms with E-state index in [0.717, 1.165) is 24.8 Å². The Morgan fingerprint density at radius 2 is 2.27 bits per heavy atom. The van der Waals surface area contributed by atoms with Crippen LogP contribution in [-0.2, 0) is 9.53 Å². The Morgan fingerprint density at radius 3 is 2.80 bits per heavy atom. The van der Waals surface area contributed by atoms with Gasteiger partial charge in [0.05, 0.1) is 6.61 Å². The molecule has 1 aliphatic rings. The molecule has 0 N–H and O–H groups in total. The summed E-state index contributed by atoms with van der Waals surface area (Å²) in [4.78, 5) is 15.8. The second-order valence-corrected chi connectivity index (χ2v) is 3.60. The minimum absolute atomic E-state index is 0.274. The van der Waals surface area contributed by atoms with E-state index in [1.807, 2.05) is 13.1 Å². The maximum atomic E-state index is 11.6. The molecule has 0 spiro atoms. The van der Waals surface area contributed by atoms with Gasteiger partial charge in [-0.1, -0.05) is 13.8 Å². The van der Waals surface area contributed by atoms with Crippen LogP contribution in [0.3, 0.4) is 0 Å². The molecule has 0 aromatic carbocycles. The summed E-state index contributed by atoms with van der Waals surface area (Å²) in [5.41, 5.74) is 1.69. The van der Waals surface area contributed by atoms with Crippen LogP contribution in [-0.4, -0.2) is 18.8 Å².